The molecule has 4 heteroatoms. The zero-order chi connectivity index (χ0) is 15.2. The monoisotopic (exact) mass is 272 g/mol. The fourth-order valence-corrected chi connectivity index (χ4v) is 2.63. The van der Waals surface area contributed by atoms with Gasteiger partial charge in [0.2, 0.25) is 0 Å². The molecular formula is C16H16O4. The molecule has 0 fully saturated rings. The molecule has 0 unspecified atom stereocenters. The van der Waals surface area contributed by atoms with Crippen LogP contribution in [0, 0.1) is 27.7 Å². The lowest BCUT2D eigenvalue weighted by Gasteiger charge is -2.17. The first kappa shape index (κ1) is 14.1. The molecule has 0 atom stereocenters. The van der Waals surface area contributed by atoms with Gasteiger partial charge in [-0.15, -0.1) is 0 Å². The third-order valence-electron chi connectivity index (χ3n) is 4.01. The van der Waals surface area contributed by atoms with E-state index in [1.54, 1.807) is 6.92 Å². The van der Waals surface area contributed by atoms with E-state index in [-0.39, 0.29) is 11.1 Å². The van der Waals surface area contributed by atoms with E-state index >= 15 is 0 Å². The van der Waals surface area contributed by atoms with E-state index in [0.717, 1.165) is 22.1 Å². The van der Waals surface area contributed by atoms with Gasteiger partial charge in [0, 0.05) is 5.39 Å². The number of hydrogen-bond donors (Lipinski definition) is 2. The van der Waals surface area contributed by atoms with E-state index in [2.05, 4.69) is 0 Å². The number of carbonyl (C=O) groups is 2. The molecule has 2 rings (SSSR count). The van der Waals surface area contributed by atoms with Gasteiger partial charge < -0.3 is 10.2 Å². The lowest BCUT2D eigenvalue weighted by atomic mass is 9.87. The number of fused-ring (bicyclic) bond motifs is 1. The molecule has 2 aromatic rings. The van der Waals surface area contributed by atoms with Gasteiger partial charge in [0.05, 0.1) is 11.1 Å². The van der Waals surface area contributed by atoms with Crippen molar-refractivity contribution in [2.24, 2.45) is 0 Å². The van der Waals surface area contributed by atoms with Crippen LogP contribution in [0.1, 0.15) is 43.0 Å². The maximum atomic E-state index is 11.6. The van der Waals surface area contributed by atoms with E-state index in [1.165, 1.54) is 0 Å². The van der Waals surface area contributed by atoms with Crippen molar-refractivity contribution in [3.05, 3.63) is 45.5 Å². The Morgan fingerprint density at radius 1 is 0.800 bits per heavy atom. The number of carboxylic acids is 2. The van der Waals surface area contributed by atoms with Gasteiger partial charge >= 0.3 is 11.9 Å². The van der Waals surface area contributed by atoms with Gasteiger partial charge in [-0.05, 0) is 55.3 Å². The van der Waals surface area contributed by atoms with Crippen molar-refractivity contribution >= 4 is 22.7 Å². The Labute approximate surface area is 116 Å². The molecule has 4 nitrogen and oxygen atoms in total. The Bertz CT molecular complexity index is 757. The molecule has 0 bridgehead atoms. The predicted octanol–water partition coefficient (Wildman–Crippen LogP) is 3.47. The van der Waals surface area contributed by atoms with Crippen LogP contribution in [0.2, 0.25) is 0 Å². The minimum absolute atomic E-state index is 0.114. The summed E-state index contributed by atoms with van der Waals surface area (Å²) in [6.45, 7) is 7.19. The first-order chi connectivity index (χ1) is 9.27. The fourth-order valence-electron chi connectivity index (χ4n) is 2.63. The highest BCUT2D eigenvalue weighted by Crippen LogP contribution is 2.33. The number of rotatable bonds is 2. The lowest BCUT2D eigenvalue weighted by Crippen LogP contribution is -2.13. The van der Waals surface area contributed by atoms with Gasteiger partial charge in [0.15, 0.2) is 0 Å². The first-order valence-electron chi connectivity index (χ1n) is 6.27. The van der Waals surface area contributed by atoms with Crippen LogP contribution in [-0.4, -0.2) is 22.2 Å². The Morgan fingerprint density at radius 3 is 1.85 bits per heavy atom. The van der Waals surface area contributed by atoms with Crippen molar-refractivity contribution < 1.29 is 19.8 Å². The van der Waals surface area contributed by atoms with Crippen molar-refractivity contribution in [3.63, 3.8) is 0 Å². The van der Waals surface area contributed by atoms with Gasteiger partial charge in [-0.25, -0.2) is 9.59 Å². The average Bonchev–Trinajstić information content (AvgIpc) is 2.36. The Morgan fingerprint density at radius 2 is 1.35 bits per heavy atom. The molecule has 0 aliphatic carbocycles. The third-order valence-corrected chi connectivity index (χ3v) is 4.01. The summed E-state index contributed by atoms with van der Waals surface area (Å²) < 4.78 is 0. The van der Waals surface area contributed by atoms with Gasteiger partial charge in [0.1, 0.15) is 0 Å². The Balaban J connectivity index is 3.19. The number of aromatic carboxylic acids is 2. The Hall–Kier alpha value is -2.36. The summed E-state index contributed by atoms with van der Waals surface area (Å²) in [7, 11) is 0. The van der Waals surface area contributed by atoms with Crippen molar-refractivity contribution in [1.29, 1.82) is 0 Å². The predicted molar refractivity (Wildman–Crippen MR) is 76.8 cm³/mol. The molecular weight excluding hydrogens is 256 g/mol. The topological polar surface area (TPSA) is 74.6 Å². The normalized spacial score (nSPS) is 10.8. The highest BCUT2D eigenvalue weighted by atomic mass is 16.4. The van der Waals surface area contributed by atoms with Gasteiger partial charge in [0.25, 0.3) is 0 Å². The largest absolute Gasteiger partial charge is 0.478 e. The molecule has 20 heavy (non-hydrogen) atoms. The van der Waals surface area contributed by atoms with Crippen LogP contribution >= 0.6 is 0 Å². The van der Waals surface area contributed by atoms with Gasteiger partial charge in [-0.2, -0.15) is 0 Å². The molecule has 0 saturated heterocycles. The second-order valence-electron chi connectivity index (χ2n) is 5.04. The van der Waals surface area contributed by atoms with E-state index < -0.39 is 11.9 Å². The summed E-state index contributed by atoms with van der Waals surface area (Å²) in [6.07, 6.45) is 0. The molecule has 0 aromatic heterocycles. The van der Waals surface area contributed by atoms with Crippen LogP contribution in [0.4, 0.5) is 0 Å². The van der Waals surface area contributed by atoms with Crippen LogP contribution in [0.15, 0.2) is 12.1 Å². The maximum absolute atomic E-state index is 11.6. The quantitative estimate of drug-likeness (QED) is 0.877. The summed E-state index contributed by atoms with van der Waals surface area (Å²) in [5.74, 6) is -2.41. The molecule has 0 amide bonds. The molecule has 0 heterocycles. The van der Waals surface area contributed by atoms with Crippen molar-refractivity contribution in [2.75, 3.05) is 0 Å². The number of aryl methyl sites for hydroxylation is 3. The summed E-state index contributed by atoms with van der Waals surface area (Å²) in [5.41, 5.74) is 2.84. The van der Waals surface area contributed by atoms with Crippen LogP contribution < -0.4 is 0 Å². The number of carboxylic acid groups (broad SMARTS) is 2. The van der Waals surface area contributed by atoms with E-state index in [4.69, 9.17) is 0 Å². The highest BCUT2D eigenvalue weighted by molar-refractivity contribution is 6.14. The molecule has 2 aromatic carbocycles. The molecule has 0 radical (unpaired) electrons. The van der Waals surface area contributed by atoms with E-state index in [9.17, 15) is 19.8 Å². The SMILES string of the molecule is Cc1ccc2c(C)c(C)c(C(=O)O)c(C(=O)O)c2c1C. The van der Waals surface area contributed by atoms with E-state index in [0.29, 0.717) is 10.9 Å². The van der Waals surface area contributed by atoms with E-state index in [1.807, 2.05) is 32.9 Å². The summed E-state index contributed by atoms with van der Waals surface area (Å²) in [4.78, 5) is 23.1. The van der Waals surface area contributed by atoms with Crippen LogP contribution in [0.25, 0.3) is 10.8 Å². The third kappa shape index (κ3) is 1.84. The maximum Gasteiger partial charge on any atom is 0.337 e. The molecule has 104 valence electrons. The second-order valence-corrected chi connectivity index (χ2v) is 5.04. The zero-order valence-electron chi connectivity index (χ0n) is 11.9. The second kappa shape index (κ2) is 4.63. The summed E-state index contributed by atoms with van der Waals surface area (Å²) in [5, 5.41) is 20.2. The first-order valence-corrected chi connectivity index (χ1v) is 6.27. The van der Waals surface area contributed by atoms with Gasteiger partial charge in [-0.3, -0.25) is 0 Å². The van der Waals surface area contributed by atoms with Crippen molar-refractivity contribution in [2.45, 2.75) is 27.7 Å². The molecule has 0 saturated carbocycles. The minimum Gasteiger partial charge on any atom is -0.478 e. The fraction of sp³-hybridized carbons (Fsp3) is 0.250. The highest BCUT2D eigenvalue weighted by Gasteiger charge is 2.25. The Kier molecular flexibility index (Phi) is 3.26. The van der Waals surface area contributed by atoms with Crippen LogP contribution in [0.5, 0.6) is 0 Å². The zero-order valence-corrected chi connectivity index (χ0v) is 11.9. The number of hydrogen-bond acceptors (Lipinski definition) is 2. The lowest BCUT2D eigenvalue weighted by molar-refractivity contribution is 0.0652. The summed E-state index contributed by atoms with van der Waals surface area (Å²) in [6, 6.07) is 3.79. The minimum atomic E-state index is -1.20. The van der Waals surface area contributed by atoms with Crippen LogP contribution in [0.3, 0.4) is 0 Å². The molecule has 0 spiro atoms. The standard InChI is InChI=1S/C16H16O4/c1-7-5-6-11-9(3)10(4)13(15(17)18)14(16(19)20)12(11)8(7)2/h5-6H,1-4H3,(H,17,18)(H,19,20). The molecule has 0 aliphatic heterocycles. The number of benzene rings is 2. The molecule has 0 aliphatic rings. The van der Waals surface area contributed by atoms with Crippen molar-refractivity contribution in [1.82, 2.24) is 0 Å². The van der Waals surface area contributed by atoms with Gasteiger partial charge in [-0.1, -0.05) is 12.1 Å². The molecule has 2 N–H and O–H groups in total. The average molecular weight is 272 g/mol. The summed E-state index contributed by atoms with van der Waals surface area (Å²) >= 11 is 0. The smallest absolute Gasteiger partial charge is 0.337 e. The van der Waals surface area contributed by atoms with Crippen molar-refractivity contribution in [3.8, 4) is 0 Å². The van der Waals surface area contributed by atoms with Crippen LogP contribution in [-0.2, 0) is 0 Å².